The van der Waals surface area contributed by atoms with E-state index in [4.69, 9.17) is 23.7 Å². The Balaban J connectivity index is 1.46. The molecule has 0 amide bonds. The molecule has 2 aromatic carbocycles. The minimum Gasteiger partial charge on any atom is -0.497 e. The van der Waals surface area contributed by atoms with Gasteiger partial charge in [-0.1, -0.05) is 18.2 Å². The molecule has 2 heterocycles. The molecule has 0 spiro atoms. The van der Waals surface area contributed by atoms with E-state index >= 15 is 0 Å². The Morgan fingerprint density at radius 3 is 2.62 bits per heavy atom. The fourth-order valence-corrected chi connectivity index (χ4v) is 5.42. The Morgan fingerprint density at radius 1 is 1.08 bits per heavy atom. The van der Waals surface area contributed by atoms with E-state index < -0.39 is 0 Å². The molecule has 0 saturated carbocycles. The average molecular weight is 513 g/mol. The van der Waals surface area contributed by atoms with Crippen LogP contribution >= 0.6 is 0 Å². The molecule has 7 heteroatoms. The van der Waals surface area contributed by atoms with Gasteiger partial charge in [-0.2, -0.15) is 0 Å². The third kappa shape index (κ3) is 7.38. The maximum atomic E-state index is 6.62. The van der Waals surface area contributed by atoms with Gasteiger partial charge in [0.2, 0.25) is 0 Å². The van der Waals surface area contributed by atoms with Crippen LogP contribution in [0.5, 0.6) is 11.5 Å². The van der Waals surface area contributed by atoms with Gasteiger partial charge in [-0.25, -0.2) is 0 Å². The lowest BCUT2D eigenvalue weighted by Gasteiger charge is -2.40. The monoisotopic (exact) mass is 512 g/mol. The maximum absolute atomic E-state index is 6.62. The zero-order chi connectivity index (χ0) is 26.3. The second-order valence-electron chi connectivity index (χ2n) is 10.7. The van der Waals surface area contributed by atoms with Gasteiger partial charge in [0.05, 0.1) is 37.7 Å². The topological polar surface area (TPSA) is 61.4 Å². The summed E-state index contributed by atoms with van der Waals surface area (Å²) >= 11 is 0. The van der Waals surface area contributed by atoms with Crippen molar-refractivity contribution in [1.29, 1.82) is 0 Å². The summed E-state index contributed by atoms with van der Waals surface area (Å²) in [4.78, 5) is 2.39. The number of nitrogens with zero attached hydrogens (tertiary/aromatic N) is 1. The first-order valence-electron chi connectivity index (χ1n) is 13.5. The molecule has 0 radical (unpaired) electrons. The van der Waals surface area contributed by atoms with Crippen molar-refractivity contribution in [3.05, 3.63) is 53.6 Å². The third-order valence-corrected chi connectivity index (χ3v) is 7.65. The van der Waals surface area contributed by atoms with E-state index in [1.54, 1.807) is 21.3 Å². The standard InChI is InChI=1S/C30H44N2O5/c1-30(2,35-5)19-24-18-26(23-8-10-25(34-4)11-9-23)29(20-31-24)37-21-22-7-12-28-27(17-22)32(14-16-36-28)13-6-15-33-3/h7-12,17,24,26,29,31H,6,13-16,18-21H2,1-5H3/t24-,26+,29-/m0/s1. The van der Waals surface area contributed by atoms with Crippen LogP contribution in [0.4, 0.5) is 5.69 Å². The van der Waals surface area contributed by atoms with Crippen molar-refractivity contribution in [2.45, 2.75) is 63.4 Å². The van der Waals surface area contributed by atoms with Gasteiger partial charge in [0.25, 0.3) is 0 Å². The van der Waals surface area contributed by atoms with Crippen molar-refractivity contribution in [2.24, 2.45) is 0 Å². The fourth-order valence-electron chi connectivity index (χ4n) is 5.42. The van der Waals surface area contributed by atoms with Crippen molar-refractivity contribution in [1.82, 2.24) is 5.32 Å². The largest absolute Gasteiger partial charge is 0.497 e. The van der Waals surface area contributed by atoms with E-state index in [9.17, 15) is 0 Å². The number of hydrogen-bond acceptors (Lipinski definition) is 7. The number of benzene rings is 2. The van der Waals surface area contributed by atoms with Crippen LogP contribution in [0.2, 0.25) is 0 Å². The minimum atomic E-state index is -0.170. The molecule has 7 nitrogen and oxygen atoms in total. The molecule has 2 aromatic rings. The molecule has 0 unspecified atom stereocenters. The van der Waals surface area contributed by atoms with Crippen molar-refractivity contribution >= 4 is 5.69 Å². The number of methoxy groups -OCH3 is 3. The number of piperidine rings is 1. The second kappa shape index (κ2) is 13.0. The summed E-state index contributed by atoms with van der Waals surface area (Å²) in [5, 5.41) is 3.73. The van der Waals surface area contributed by atoms with Crippen LogP contribution in [0, 0.1) is 0 Å². The fraction of sp³-hybridized carbons (Fsp3) is 0.600. The van der Waals surface area contributed by atoms with E-state index in [0.717, 1.165) is 68.3 Å². The Bertz CT molecular complexity index is 980. The molecule has 4 rings (SSSR count). The van der Waals surface area contributed by atoms with Gasteiger partial charge in [-0.05, 0) is 68.5 Å². The van der Waals surface area contributed by atoms with Crippen LogP contribution in [0.15, 0.2) is 42.5 Å². The smallest absolute Gasteiger partial charge is 0.142 e. The van der Waals surface area contributed by atoms with Gasteiger partial charge in [0.1, 0.15) is 18.1 Å². The molecule has 37 heavy (non-hydrogen) atoms. The van der Waals surface area contributed by atoms with Gasteiger partial charge >= 0.3 is 0 Å². The highest BCUT2D eigenvalue weighted by Gasteiger charge is 2.35. The van der Waals surface area contributed by atoms with Crippen molar-refractivity contribution in [3.8, 4) is 11.5 Å². The van der Waals surface area contributed by atoms with Gasteiger partial charge in [0, 0.05) is 45.9 Å². The SMILES string of the molecule is COCCCN1CCOc2ccc(CO[C@H]3CN[C@H](CC(C)(C)OC)C[C@@H]3c3ccc(OC)cc3)cc21. The number of anilines is 1. The molecule has 3 atom stereocenters. The number of hydrogen-bond donors (Lipinski definition) is 1. The quantitative estimate of drug-likeness (QED) is 0.411. The lowest BCUT2D eigenvalue weighted by molar-refractivity contribution is -0.0216. The van der Waals surface area contributed by atoms with Crippen molar-refractivity contribution in [2.75, 3.05) is 59.1 Å². The summed E-state index contributed by atoms with van der Waals surface area (Å²) in [5.41, 5.74) is 3.43. The minimum absolute atomic E-state index is 0.0698. The Hall–Kier alpha value is -2.32. The summed E-state index contributed by atoms with van der Waals surface area (Å²) in [6.07, 6.45) is 3.01. The lowest BCUT2D eigenvalue weighted by atomic mass is 9.81. The molecule has 1 saturated heterocycles. The zero-order valence-corrected chi connectivity index (χ0v) is 23.1. The van der Waals surface area contributed by atoms with Gasteiger partial charge in [0.15, 0.2) is 0 Å². The molecule has 0 bridgehead atoms. The van der Waals surface area contributed by atoms with E-state index in [1.165, 1.54) is 5.56 Å². The van der Waals surface area contributed by atoms with Crippen molar-refractivity contribution in [3.63, 3.8) is 0 Å². The first kappa shape index (κ1) is 27.7. The molecule has 1 fully saturated rings. The number of ether oxygens (including phenoxy) is 5. The Morgan fingerprint density at radius 2 is 1.89 bits per heavy atom. The third-order valence-electron chi connectivity index (χ3n) is 7.65. The average Bonchev–Trinajstić information content (AvgIpc) is 2.92. The normalized spacial score (nSPS) is 21.9. The highest BCUT2D eigenvalue weighted by atomic mass is 16.5. The van der Waals surface area contributed by atoms with E-state index in [1.807, 2.05) is 12.1 Å². The molecule has 1 N–H and O–H groups in total. The van der Waals surface area contributed by atoms with Gasteiger partial charge in [-0.3, -0.25) is 0 Å². The van der Waals surface area contributed by atoms with Crippen LogP contribution < -0.4 is 19.7 Å². The van der Waals surface area contributed by atoms with E-state index in [-0.39, 0.29) is 17.6 Å². The molecule has 0 aromatic heterocycles. The molecule has 0 aliphatic carbocycles. The molecule has 2 aliphatic heterocycles. The predicted molar refractivity (Wildman–Crippen MR) is 147 cm³/mol. The number of fused-ring (bicyclic) bond motifs is 1. The van der Waals surface area contributed by atoms with Gasteiger partial charge in [-0.15, -0.1) is 0 Å². The maximum Gasteiger partial charge on any atom is 0.142 e. The highest BCUT2D eigenvalue weighted by molar-refractivity contribution is 5.61. The lowest BCUT2D eigenvalue weighted by Crippen LogP contribution is -2.49. The van der Waals surface area contributed by atoms with Crippen LogP contribution in [-0.2, 0) is 20.8 Å². The predicted octanol–water partition coefficient (Wildman–Crippen LogP) is 4.78. The second-order valence-corrected chi connectivity index (χ2v) is 10.7. The summed E-state index contributed by atoms with van der Waals surface area (Å²) < 4.78 is 28.9. The van der Waals surface area contributed by atoms with Crippen molar-refractivity contribution < 1.29 is 23.7 Å². The van der Waals surface area contributed by atoms with E-state index in [0.29, 0.717) is 19.3 Å². The molecule has 204 valence electrons. The summed E-state index contributed by atoms with van der Waals surface area (Å²) in [6, 6.07) is 15.2. The summed E-state index contributed by atoms with van der Waals surface area (Å²) in [5.74, 6) is 2.11. The first-order chi connectivity index (χ1) is 17.9. The highest BCUT2D eigenvalue weighted by Crippen LogP contribution is 2.36. The summed E-state index contributed by atoms with van der Waals surface area (Å²) in [6.45, 7) is 9.00. The van der Waals surface area contributed by atoms with Crippen LogP contribution in [0.3, 0.4) is 0 Å². The number of rotatable bonds is 12. The van der Waals surface area contributed by atoms with Crippen LogP contribution in [0.1, 0.15) is 50.2 Å². The molecular weight excluding hydrogens is 468 g/mol. The summed E-state index contributed by atoms with van der Waals surface area (Å²) in [7, 11) is 5.25. The van der Waals surface area contributed by atoms with Crippen LogP contribution in [-0.4, -0.2) is 71.9 Å². The van der Waals surface area contributed by atoms with Crippen LogP contribution in [0.25, 0.3) is 0 Å². The first-order valence-corrected chi connectivity index (χ1v) is 13.5. The Kier molecular flexibility index (Phi) is 9.71. The van der Waals surface area contributed by atoms with E-state index in [2.05, 4.69) is 54.4 Å². The zero-order valence-electron chi connectivity index (χ0n) is 23.1. The Labute approximate surface area is 222 Å². The number of nitrogens with one attached hydrogen (secondary N) is 1. The van der Waals surface area contributed by atoms with Gasteiger partial charge < -0.3 is 33.9 Å². The molecule has 2 aliphatic rings. The molecular formula is C30H44N2O5.